The Morgan fingerprint density at radius 1 is 1.21 bits per heavy atom. The first-order valence-corrected chi connectivity index (χ1v) is 9.17. The summed E-state index contributed by atoms with van der Waals surface area (Å²) >= 11 is 1.47. The van der Waals surface area contributed by atoms with E-state index in [0.29, 0.717) is 16.8 Å². The van der Waals surface area contributed by atoms with Crippen molar-refractivity contribution in [2.45, 2.75) is 6.92 Å². The molecule has 140 valence electrons. The maximum Gasteiger partial charge on any atom is 0.339 e. The zero-order valence-corrected chi connectivity index (χ0v) is 15.5. The first-order valence-electron chi connectivity index (χ1n) is 8.29. The van der Waals surface area contributed by atoms with E-state index in [9.17, 15) is 14.0 Å². The zero-order valence-electron chi connectivity index (χ0n) is 14.6. The highest BCUT2D eigenvalue weighted by atomic mass is 32.1. The van der Waals surface area contributed by atoms with Crippen LogP contribution in [0.15, 0.2) is 52.4 Å². The number of carbonyl (C=O) groups is 2. The molecule has 0 saturated heterocycles. The number of rotatable bonds is 5. The van der Waals surface area contributed by atoms with Crippen LogP contribution in [0.1, 0.15) is 26.4 Å². The molecule has 0 N–H and O–H groups in total. The molecule has 4 rings (SSSR count). The third-order valence-corrected chi connectivity index (χ3v) is 5.00. The normalized spacial score (nSPS) is 10.9. The molecule has 0 fully saturated rings. The van der Waals surface area contributed by atoms with Gasteiger partial charge >= 0.3 is 5.97 Å². The van der Waals surface area contributed by atoms with Gasteiger partial charge in [0.15, 0.2) is 12.4 Å². The topological polar surface area (TPSA) is 82.3 Å². The van der Waals surface area contributed by atoms with Crippen molar-refractivity contribution in [2.24, 2.45) is 0 Å². The Hall–Kier alpha value is -3.39. The molecule has 0 spiro atoms. The van der Waals surface area contributed by atoms with Crippen LogP contribution < -0.4 is 0 Å². The number of Topliss-reactive ketones (excluding diaryl/α,β-unsaturated/α-hetero) is 1. The Bertz CT molecular complexity index is 1170. The number of pyridine rings is 1. The van der Waals surface area contributed by atoms with Gasteiger partial charge in [-0.05, 0) is 48.7 Å². The number of ether oxygens (including phenoxy) is 1. The summed E-state index contributed by atoms with van der Waals surface area (Å²) in [5.74, 6) is -1.57. The Morgan fingerprint density at radius 2 is 2.00 bits per heavy atom. The van der Waals surface area contributed by atoms with Crippen LogP contribution in [0.25, 0.3) is 21.7 Å². The van der Waals surface area contributed by atoms with Crippen molar-refractivity contribution in [1.82, 2.24) is 10.1 Å². The van der Waals surface area contributed by atoms with Gasteiger partial charge in [-0.15, -0.1) is 11.3 Å². The highest BCUT2D eigenvalue weighted by molar-refractivity contribution is 7.13. The number of aryl methyl sites for hydroxylation is 1. The van der Waals surface area contributed by atoms with Crippen molar-refractivity contribution in [3.63, 3.8) is 0 Å². The molecule has 0 unspecified atom stereocenters. The molecule has 6 nitrogen and oxygen atoms in total. The van der Waals surface area contributed by atoms with Crippen LogP contribution in [0, 0.1) is 12.7 Å². The molecule has 0 aliphatic carbocycles. The number of fused-ring (bicyclic) bond motifs is 1. The second kappa shape index (κ2) is 7.32. The molecule has 3 heterocycles. The quantitative estimate of drug-likeness (QED) is 0.366. The lowest BCUT2D eigenvalue weighted by Gasteiger charge is -2.07. The van der Waals surface area contributed by atoms with E-state index in [1.54, 1.807) is 13.0 Å². The molecule has 8 heteroatoms. The molecule has 0 bridgehead atoms. The maximum absolute atomic E-state index is 13.0. The van der Waals surface area contributed by atoms with Gasteiger partial charge in [0.1, 0.15) is 5.82 Å². The van der Waals surface area contributed by atoms with Crippen LogP contribution in [0.3, 0.4) is 0 Å². The van der Waals surface area contributed by atoms with Crippen molar-refractivity contribution in [2.75, 3.05) is 6.61 Å². The first-order chi connectivity index (χ1) is 13.5. The second-order valence-electron chi connectivity index (χ2n) is 5.99. The largest absolute Gasteiger partial charge is 0.454 e. The lowest BCUT2D eigenvalue weighted by atomic mass is 10.1. The van der Waals surface area contributed by atoms with E-state index >= 15 is 0 Å². The highest BCUT2D eigenvalue weighted by Crippen LogP contribution is 2.29. The highest BCUT2D eigenvalue weighted by Gasteiger charge is 2.21. The molecule has 0 aliphatic rings. The minimum absolute atomic E-state index is 0.221. The van der Waals surface area contributed by atoms with E-state index < -0.39 is 24.2 Å². The van der Waals surface area contributed by atoms with Crippen LogP contribution in [0.5, 0.6) is 0 Å². The maximum atomic E-state index is 13.0. The molecule has 0 atom stereocenters. The molecular formula is C20H13FN2O4S. The number of halogens is 1. The van der Waals surface area contributed by atoms with Gasteiger partial charge in [-0.3, -0.25) is 4.79 Å². The van der Waals surface area contributed by atoms with E-state index in [-0.39, 0.29) is 16.8 Å². The Labute approximate surface area is 162 Å². The van der Waals surface area contributed by atoms with Gasteiger partial charge in [0.2, 0.25) is 0 Å². The molecular weight excluding hydrogens is 383 g/mol. The Balaban J connectivity index is 1.62. The first kappa shape index (κ1) is 18.0. The van der Waals surface area contributed by atoms with Gasteiger partial charge < -0.3 is 9.26 Å². The smallest absolute Gasteiger partial charge is 0.339 e. The average molecular weight is 396 g/mol. The van der Waals surface area contributed by atoms with Gasteiger partial charge in [0.25, 0.3) is 5.71 Å². The number of hydrogen-bond acceptors (Lipinski definition) is 7. The SMILES string of the molecule is Cc1noc2nc(-c3cccs3)cc(C(=O)OCC(=O)c3ccc(F)cc3)c12. The lowest BCUT2D eigenvalue weighted by Crippen LogP contribution is -2.15. The number of carbonyl (C=O) groups excluding carboxylic acids is 2. The second-order valence-corrected chi connectivity index (χ2v) is 6.93. The van der Waals surface area contributed by atoms with E-state index in [4.69, 9.17) is 9.26 Å². The van der Waals surface area contributed by atoms with E-state index in [2.05, 4.69) is 10.1 Å². The van der Waals surface area contributed by atoms with Crippen molar-refractivity contribution < 1.29 is 23.2 Å². The van der Waals surface area contributed by atoms with Crippen molar-refractivity contribution >= 4 is 34.2 Å². The van der Waals surface area contributed by atoms with Gasteiger partial charge in [0, 0.05) is 5.56 Å². The summed E-state index contributed by atoms with van der Waals surface area (Å²) in [6, 6.07) is 10.4. The monoisotopic (exact) mass is 396 g/mol. The van der Waals surface area contributed by atoms with Crippen LogP contribution in [-0.2, 0) is 4.74 Å². The molecule has 0 saturated carbocycles. The molecule has 1 aromatic carbocycles. The van der Waals surface area contributed by atoms with Gasteiger partial charge in [-0.1, -0.05) is 11.2 Å². The molecule has 0 aliphatic heterocycles. The van der Waals surface area contributed by atoms with E-state index in [1.807, 2.05) is 17.5 Å². The minimum atomic E-state index is -0.688. The summed E-state index contributed by atoms with van der Waals surface area (Å²) in [5, 5.41) is 6.21. The van der Waals surface area contributed by atoms with Crippen LogP contribution in [0.2, 0.25) is 0 Å². The summed E-state index contributed by atoms with van der Waals surface area (Å²) in [6.45, 7) is 1.23. The lowest BCUT2D eigenvalue weighted by molar-refractivity contribution is 0.0476. The van der Waals surface area contributed by atoms with Crippen molar-refractivity contribution in [1.29, 1.82) is 0 Å². The van der Waals surface area contributed by atoms with Gasteiger partial charge in [-0.2, -0.15) is 0 Å². The van der Waals surface area contributed by atoms with Gasteiger partial charge in [0.05, 0.1) is 27.2 Å². The number of esters is 1. The molecule has 0 amide bonds. The molecule has 0 radical (unpaired) electrons. The number of benzene rings is 1. The summed E-state index contributed by atoms with van der Waals surface area (Å²) in [7, 11) is 0. The van der Waals surface area contributed by atoms with Crippen LogP contribution in [-0.4, -0.2) is 28.5 Å². The molecule has 3 aromatic heterocycles. The standard InChI is InChI=1S/C20H13FN2O4S/c1-11-18-14(9-15(17-3-2-8-28-17)22-19(18)27-23-11)20(25)26-10-16(24)12-4-6-13(21)7-5-12/h2-9H,10H2,1H3. The fourth-order valence-corrected chi connectivity index (χ4v) is 3.42. The average Bonchev–Trinajstić information content (AvgIpc) is 3.36. The fourth-order valence-electron chi connectivity index (χ4n) is 2.73. The third kappa shape index (κ3) is 3.41. The summed E-state index contributed by atoms with van der Waals surface area (Å²) < 4.78 is 23.4. The fraction of sp³-hybridized carbons (Fsp3) is 0.100. The predicted octanol–water partition coefficient (Wildman–Crippen LogP) is 4.44. The number of nitrogens with zero attached hydrogens (tertiary/aromatic N) is 2. The van der Waals surface area contributed by atoms with Crippen LogP contribution >= 0.6 is 11.3 Å². The van der Waals surface area contributed by atoms with E-state index in [1.165, 1.54) is 35.6 Å². The van der Waals surface area contributed by atoms with Gasteiger partial charge in [-0.25, -0.2) is 14.2 Å². The number of thiophene rings is 1. The predicted molar refractivity (Wildman–Crippen MR) is 101 cm³/mol. The Kier molecular flexibility index (Phi) is 4.70. The van der Waals surface area contributed by atoms with Crippen LogP contribution in [0.4, 0.5) is 4.39 Å². The summed E-state index contributed by atoms with van der Waals surface area (Å²) in [5.41, 5.74) is 1.75. The zero-order chi connectivity index (χ0) is 19.7. The number of ketones is 1. The summed E-state index contributed by atoms with van der Waals surface area (Å²) in [4.78, 5) is 30.1. The van der Waals surface area contributed by atoms with Crippen molar-refractivity contribution in [3.8, 4) is 10.6 Å². The minimum Gasteiger partial charge on any atom is -0.454 e. The van der Waals surface area contributed by atoms with Crippen molar-refractivity contribution in [3.05, 3.63) is 70.5 Å². The molecule has 4 aromatic rings. The molecule has 28 heavy (non-hydrogen) atoms. The summed E-state index contributed by atoms with van der Waals surface area (Å²) in [6.07, 6.45) is 0. The third-order valence-electron chi connectivity index (χ3n) is 4.11. The van der Waals surface area contributed by atoms with E-state index in [0.717, 1.165) is 4.88 Å². The number of hydrogen-bond donors (Lipinski definition) is 0. The number of aromatic nitrogens is 2. The Morgan fingerprint density at radius 3 is 2.71 bits per heavy atom.